The van der Waals surface area contributed by atoms with Crippen LogP contribution < -0.4 is 5.73 Å². The highest BCUT2D eigenvalue weighted by Gasteiger charge is 2.30. The fraction of sp³-hybridized carbons (Fsp3) is 1.00. The van der Waals surface area contributed by atoms with Crippen LogP contribution in [0.25, 0.3) is 0 Å². The van der Waals surface area contributed by atoms with Gasteiger partial charge in [0.25, 0.3) is 0 Å². The van der Waals surface area contributed by atoms with Crippen LogP contribution in [0.4, 0.5) is 0 Å². The normalized spacial score (nSPS) is 15.5. The number of nitrogens with zero attached hydrogens (tertiary/aromatic N) is 1. The van der Waals surface area contributed by atoms with E-state index in [9.17, 15) is 0 Å². The molecule has 4 nitrogen and oxygen atoms in total. The lowest BCUT2D eigenvalue weighted by molar-refractivity contribution is 0.0374. The van der Waals surface area contributed by atoms with E-state index in [1.165, 1.54) is 0 Å². The van der Waals surface area contributed by atoms with Crippen molar-refractivity contribution in [3.05, 3.63) is 0 Å². The van der Waals surface area contributed by atoms with Gasteiger partial charge in [-0.25, -0.2) is 0 Å². The lowest BCUT2D eigenvalue weighted by Crippen LogP contribution is -2.54. The fourth-order valence-electron chi connectivity index (χ4n) is 1.94. The van der Waals surface area contributed by atoms with Crippen LogP contribution in [0.3, 0.4) is 0 Å². The van der Waals surface area contributed by atoms with Crippen LogP contribution in [0.15, 0.2) is 0 Å². The topological polar surface area (TPSA) is 47.7 Å². The second-order valence-corrected chi connectivity index (χ2v) is 5.28. The zero-order chi connectivity index (χ0) is 13.3. The van der Waals surface area contributed by atoms with Crippen molar-refractivity contribution in [2.24, 2.45) is 11.7 Å². The number of nitrogens with two attached hydrogens (primary N) is 1. The summed E-state index contributed by atoms with van der Waals surface area (Å²) in [7, 11) is 3.47. The summed E-state index contributed by atoms with van der Waals surface area (Å²) in [6.45, 7) is 10.8. The molecule has 0 aromatic heterocycles. The average molecular weight is 246 g/mol. The van der Waals surface area contributed by atoms with E-state index >= 15 is 0 Å². The van der Waals surface area contributed by atoms with Crippen LogP contribution >= 0.6 is 0 Å². The van der Waals surface area contributed by atoms with Crippen LogP contribution in [0, 0.1) is 5.92 Å². The molecule has 0 amide bonds. The number of rotatable bonds is 10. The quantitative estimate of drug-likeness (QED) is 0.632. The number of hydrogen-bond acceptors (Lipinski definition) is 4. The van der Waals surface area contributed by atoms with Gasteiger partial charge in [-0.2, -0.15) is 0 Å². The van der Waals surface area contributed by atoms with Crippen LogP contribution in [0.5, 0.6) is 0 Å². The zero-order valence-corrected chi connectivity index (χ0v) is 12.2. The lowest BCUT2D eigenvalue weighted by atomic mass is 9.94. The van der Waals surface area contributed by atoms with Crippen molar-refractivity contribution >= 4 is 0 Å². The van der Waals surface area contributed by atoms with Gasteiger partial charge in [-0.15, -0.1) is 0 Å². The van der Waals surface area contributed by atoms with Gasteiger partial charge in [0.05, 0.1) is 6.61 Å². The minimum Gasteiger partial charge on any atom is -0.385 e. The Kier molecular flexibility index (Phi) is 8.78. The van der Waals surface area contributed by atoms with Crippen LogP contribution in [-0.2, 0) is 9.47 Å². The Balaban J connectivity index is 4.55. The third kappa shape index (κ3) is 6.36. The molecule has 104 valence electrons. The van der Waals surface area contributed by atoms with Crippen LogP contribution in [0.1, 0.15) is 27.2 Å². The molecule has 0 spiro atoms. The summed E-state index contributed by atoms with van der Waals surface area (Å²) in [5.74, 6) is 0.625. The standard InChI is InChI=1S/C13H30N2O2/c1-12(2)10-15(7-9-17-5)13(3,11-14)6-8-16-4/h12H,6-11,14H2,1-5H3. The molecule has 1 atom stereocenters. The van der Waals surface area contributed by atoms with E-state index < -0.39 is 0 Å². The second-order valence-electron chi connectivity index (χ2n) is 5.28. The average Bonchev–Trinajstić information content (AvgIpc) is 2.31. The number of ether oxygens (including phenoxy) is 2. The molecule has 2 N–H and O–H groups in total. The van der Waals surface area contributed by atoms with Gasteiger partial charge in [0.1, 0.15) is 0 Å². The Bertz CT molecular complexity index is 188. The Morgan fingerprint density at radius 2 is 1.76 bits per heavy atom. The molecular weight excluding hydrogens is 216 g/mol. The van der Waals surface area contributed by atoms with Crippen LogP contribution in [0.2, 0.25) is 0 Å². The van der Waals surface area contributed by atoms with E-state index in [1.807, 2.05) is 0 Å². The third-order valence-electron chi connectivity index (χ3n) is 3.20. The van der Waals surface area contributed by atoms with Gasteiger partial charge >= 0.3 is 0 Å². The molecule has 0 aromatic carbocycles. The van der Waals surface area contributed by atoms with E-state index in [1.54, 1.807) is 14.2 Å². The fourth-order valence-corrected chi connectivity index (χ4v) is 1.94. The molecule has 0 aliphatic heterocycles. The molecule has 0 aliphatic carbocycles. The zero-order valence-electron chi connectivity index (χ0n) is 12.2. The molecule has 0 rings (SSSR count). The second kappa shape index (κ2) is 8.86. The van der Waals surface area contributed by atoms with Crippen molar-refractivity contribution in [3.8, 4) is 0 Å². The molecule has 0 heterocycles. The lowest BCUT2D eigenvalue weighted by Gasteiger charge is -2.41. The monoisotopic (exact) mass is 246 g/mol. The molecule has 0 saturated heterocycles. The Morgan fingerprint density at radius 3 is 2.18 bits per heavy atom. The van der Waals surface area contributed by atoms with Crippen molar-refractivity contribution < 1.29 is 9.47 Å². The molecular formula is C13H30N2O2. The van der Waals surface area contributed by atoms with Gasteiger partial charge in [0.15, 0.2) is 0 Å². The highest BCUT2D eigenvalue weighted by molar-refractivity contribution is 4.87. The largest absolute Gasteiger partial charge is 0.385 e. The maximum atomic E-state index is 5.96. The molecule has 17 heavy (non-hydrogen) atoms. The van der Waals surface area contributed by atoms with Crippen LogP contribution in [-0.4, -0.2) is 57.5 Å². The minimum absolute atomic E-state index is 0.00118. The molecule has 4 heteroatoms. The van der Waals surface area contributed by atoms with E-state index in [4.69, 9.17) is 15.2 Å². The molecule has 0 aliphatic rings. The maximum absolute atomic E-state index is 5.96. The van der Waals surface area contributed by atoms with E-state index in [0.29, 0.717) is 12.5 Å². The molecule has 0 bridgehead atoms. The molecule has 0 fully saturated rings. The Hall–Kier alpha value is -0.160. The maximum Gasteiger partial charge on any atom is 0.0589 e. The molecule has 0 aromatic rings. The number of hydrogen-bond donors (Lipinski definition) is 1. The smallest absolute Gasteiger partial charge is 0.0589 e. The summed E-state index contributed by atoms with van der Waals surface area (Å²) in [4.78, 5) is 2.43. The summed E-state index contributed by atoms with van der Waals surface area (Å²) in [6, 6.07) is 0. The van der Waals surface area contributed by atoms with Gasteiger partial charge in [-0.1, -0.05) is 13.8 Å². The predicted octanol–water partition coefficient (Wildman–Crippen LogP) is 1.34. The third-order valence-corrected chi connectivity index (χ3v) is 3.20. The highest BCUT2D eigenvalue weighted by Crippen LogP contribution is 2.20. The summed E-state index contributed by atoms with van der Waals surface area (Å²) >= 11 is 0. The van der Waals surface area contributed by atoms with Gasteiger partial charge in [-0.05, 0) is 19.3 Å². The predicted molar refractivity (Wildman–Crippen MR) is 72.2 cm³/mol. The molecule has 0 saturated carbocycles. The minimum atomic E-state index is -0.00118. The van der Waals surface area contributed by atoms with Crippen molar-refractivity contribution in [1.82, 2.24) is 4.90 Å². The highest BCUT2D eigenvalue weighted by atomic mass is 16.5. The van der Waals surface area contributed by atoms with Gasteiger partial charge < -0.3 is 15.2 Å². The Morgan fingerprint density at radius 1 is 1.18 bits per heavy atom. The van der Waals surface area contributed by atoms with E-state index in [2.05, 4.69) is 25.7 Å². The first-order valence-electron chi connectivity index (χ1n) is 6.43. The van der Waals surface area contributed by atoms with Crippen molar-refractivity contribution in [3.63, 3.8) is 0 Å². The number of methoxy groups -OCH3 is 2. The van der Waals surface area contributed by atoms with Crippen molar-refractivity contribution in [2.45, 2.75) is 32.7 Å². The summed E-state index contributed by atoms with van der Waals surface area (Å²) < 4.78 is 10.4. The summed E-state index contributed by atoms with van der Waals surface area (Å²) in [5.41, 5.74) is 5.96. The molecule has 0 radical (unpaired) electrons. The molecule has 1 unspecified atom stereocenters. The van der Waals surface area contributed by atoms with Gasteiger partial charge in [0, 0.05) is 46.0 Å². The first-order valence-corrected chi connectivity index (χ1v) is 6.43. The first-order chi connectivity index (χ1) is 8.00. The van der Waals surface area contributed by atoms with Gasteiger partial charge in [0.2, 0.25) is 0 Å². The first kappa shape index (κ1) is 16.8. The van der Waals surface area contributed by atoms with Gasteiger partial charge in [-0.3, -0.25) is 4.90 Å². The van der Waals surface area contributed by atoms with Crippen molar-refractivity contribution in [2.75, 3.05) is 47.1 Å². The van der Waals surface area contributed by atoms with E-state index in [0.717, 1.165) is 32.7 Å². The Labute approximate surface area is 106 Å². The van der Waals surface area contributed by atoms with Crippen molar-refractivity contribution in [1.29, 1.82) is 0 Å². The van der Waals surface area contributed by atoms with E-state index in [-0.39, 0.29) is 5.54 Å². The summed E-state index contributed by atoms with van der Waals surface area (Å²) in [5, 5.41) is 0. The summed E-state index contributed by atoms with van der Waals surface area (Å²) in [6.07, 6.45) is 0.955. The SMILES string of the molecule is COCCN(CC(C)C)C(C)(CN)CCOC.